The fraction of sp³-hybridized carbons (Fsp3) is 0.143. The largest absolute Gasteiger partial charge is 0.324 e. The first-order valence-electron chi connectivity index (χ1n) is 8.76. The maximum absolute atomic E-state index is 12.6. The molecule has 2 heterocycles. The van der Waals surface area contributed by atoms with Crippen LogP contribution in [0.25, 0.3) is 11.3 Å². The van der Waals surface area contributed by atoms with Gasteiger partial charge in [-0.15, -0.1) is 11.3 Å². The average molecular weight is 391 g/mol. The molecule has 1 aliphatic rings. The number of carbonyl (C=O) groups excluding carboxylic acids is 3. The Hall–Kier alpha value is -3.32. The van der Waals surface area contributed by atoms with Gasteiger partial charge in [0.15, 0.2) is 0 Å². The van der Waals surface area contributed by atoms with Crippen molar-refractivity contribution < 1.29 is 14.4 Å². The number of aryl methyl sites for hydroxylation is 1. The molecule has 0 saturated carbocycles. The summed E-state index contributed by atoms with van der Waals surface area (Å²) in [7, 11) is 0. The molecule has 0 radical (unpaired) electrons. The number of hydrogen-bond acceptors (Lipinski definition) is 5. The highest BCUT2D eigenvalue weighted by Gasteiger charge is 2.40. The Morgan fingerprint density at radius 2 is 1.64 bits per heavy atom. The highest BCUT2D eigenvalue weighted by Crippen LogP contribution is 2.26. The fourth-order valence-electron chi connectivity index (χ4n) is 3.14. The Morgan fingerprint density at radius 1 is 1.04 bits per heavy atom. The van der Waals surface area contributed by atoms with E-state index in [0.717, 1.165) is 21.2 Å². The van der Waals surface area contributed by atoms with Crippen LogP contribution in [0.5, 0.6) is 0 Å². The molecule has 0 aliphatic carbocycles. The van der Waals surface area contributed by atoms with E-state index in [1.54, 1.807) is 54.7 Å². The van der Waals surface area contributed by atoms with Crippen LogP contribution >= 0.6 is 11.3 Å². The molecule has 4 rings (SSSR count). The smallest absolute Gasteiger partial charge is 0.262 e. The predicted molar refractivity (Wildman–Crippen MR) is 107 cm³/mol. The molecule has 1 N–H and O–H groups in total. The number of anilines is 1. The molecule has 1 aliphatic heterocycles. The minimum atomic E-state index is -0.923. The van der Waals surface area contributed by atoms with Crippen LogP contribution < -0.4 is 5.32 Å². The van der Waals surface area contributed by atoms with E-state index in [-0.39, 0.29) is 0 Å². The number of thiazole rings is 1. The van der Waals surface area contributed by atoms with Gasteiger partial charge in [-0.1, -0.05) is 24.3 Å². The third-order valence-corrected chi connectivity index (χ3v) is 5.43. The van der Waals surface area contributed by atoms with Gasteiger partial charge in [-0.2, -0.15) is 0 Å². The molecule has 0 saturated heterocycles. The molecule has 3 aromatic rings. The average Bonchev–Trinajstić information content (AvgIpc) is 3.24. The Balaban J connectivity index is 1.48. The van der Waals surface area contributed by atoms with Crippen LogP contribution in [-0.4, -0.2) is 33.6 Å². The molecule has 6 nitrogen and oxygen atoms in total. The predicted octanol–water partition coefficient (Wildman–Crippen LogP) is 3.74. The molecule has 0 bridgehead atoms. The van der Waals surface area contributed by atoms with E-state index < -0.39 is 23.8 Å². The number of aromatic nitrogens is 1. The van der Waals surface area contributed by atoms with Gasteiger partial charge in [-0.3, -0.25) is 19.3 Å². The van der Waals surface area contributed by atoms with Crippen molar-refractivity contribution in [2.75, 3.05) is 5.32 Å². The van der Waals surface area contributed by atoms with Gasteiger partial charge >= 0.3 is 0 Å². The molecule has 1 atom stereocenters. The van der Waals surface area contributed by atoms with E-state index in [4.69, 9.17) is 0 Å². The van der Waals surface area contributed by atoms with Gasteiger partial charge in [0.05, 0.1) is 21.8 Å². The minimum Gasteiger partial charge on any atom is -0.324 e. The second-order valence-corrected chi connectivity index (χ2v) is 7.58. The number of imide groups is 1. The van der Waals surface area contributed by atoms with Crippen molar-refractivity contribution in [3.63, 3.8) is 0 Å². The van der Waals surface area contributed by atoms with Gasteiger partial charge in [-0.05, 0) is 38.1 Å². The van der Waals surface area contributed by atoms with Crippen LogP contribution in [-0.2, 0) is 4.79 Å². The Kier molecular flexibility index (Phi) is 4.52. The quantitative estimate of drug-likeness (QED) is 0.687. The zero-order chi connectivity index (χ0) is 19.8. The highest BCUT2D eigenvalue weighted by atomic mass is 32.1. The number of nitrogens with one attached hydrogen (secondary N) is 1. The van der Waals surface area contributed by atoms with E-state index in [1.165, 1.54) is 0 Å². The SMILES string of the molecule is Cc1nc(-c2ccc(NC(=O)C(C)N3C(=O)c4ccccc4C3=O)cc2)cs1. The van der Waals surface area contributed by atoms with Crippen molar-refractivity contribution in [3.05, 3.63) is 70.0 Å². The van der Waals surface area contributed by atoms with E-state index in [0.29, 0.717) is 16.8 Å². The molecule has 3 amide bonds. The van der Waals surface area contributed by atoms with E-state index >= 15 is 0 Å². The molecular formula is C21H17N3O3S. The lowest BCUT2D eigenvalue weighted by Crippen LogP contribution is -2.45. The summed E-state index contributed by atoms with van der Waals surface area (Å²) in [6.45, 7) is 3.49. The van der Waals surface area contributed by atoms with E-state index in [1.807, 2.05) is 24.4 Å². The number of benzene rings is 2. The summed E-state index contributed by atoms with van der Waals surface area (Å²) in [5, 5.41) is 5.74. The summed E-state index contributed by atoms with van der Waals surface area (Å²) in [5.41, 5.74) is 3.09. The third-order valence-electron chi connectivity index (χ3n) is 4.66. The number of carbonyl (C=O) groups is 3. The van der Waals surface area contributed by atoms with Crippen molar-refractivity contribution in [2.24, 2.45) is 0 Å². The summed E-state index contributed by atoms with van der Waals surface area (Å²) < 4.78 is 0. The standard InChI is InChI=1S/C21H17N3O3S/c1-12(24-20(26)16-5-3-4-6-17(16)21(24)27)19(25)23-15-9-7-14(8-10-15)18-11-28-13(2)22-18/h3-12H,1-2H3,(H,23,25). The lowest BCUT2D eigenvalue weighted by Gasteiger charge is -2.21. The molecule has 1 aromatic heterocycles. The summed E-state index contributed by atoms with van der Waals surface area (Å²) >= 11 is 1.58. The summed E-state index contributed by atoms with van der Waals surface area (Å²) in [5.74, 6) is -1.32. The third kappa shape index (κ3) is 3.10. The Morgan fingerprint density at radius 3 is 2.18 bits per heavy atom. The first-order valence-corrected chi connectivity index (χ1v) is 9.64. The summed E-state index contributed by atoms with van der Waals surface area (Å²) in [6.07, 6.45) is 0. The fourth-order valence-corrected chi connectivity index (χ4v) is 3.77. The Labute approximate surface area is 165 Å². The summed E-state index contributed by atoms with van der Waals surface area (Å²) in [4.78, 5) is 43.1. The van der Waals surface area contributed by atoms with Gasteiger partial charge in [-0.25, -0.2) is 4.98 Å². The van der Waals surface area contributed by atoms with Crippen LogP contribution in [0.2, 0.25) is 0 Å². The maximum atomic E-state index is 12.6. The van der Waals surface area contributed by atoms with Crippen molar-refractivity contribution in [3.8, 4) is 11.3 Å². The van der Waals surface area contributed by atoms with Crippen LogP contribution in [0.3, 0.4) is 0 Å². The van der Waals surface area contributed by atoms with Crippen LogP contribution in [0.1, 0.15) is 32.6 Å². The summed E-state index contributed by atoms with van der Waals surface area (Å²) in [6, 6.07) is 13.0. The molecule has 140 valence electrons. The molecule has 7 heteroatoms. The van der Waals surface area contributed by atoms with Crippen LogP contribution in [0.4, 0.5) is 5.69 Å². The first kappa shape index (κ1) is 18.1. The van der Waals surface area contributed by atoms with Crippen molar-refractivity contribution in [1.29, 1.82) is 0 Å². The van der Waals surface area contributed by atoms with Crippen LogP contribution in [0, 0.1) is 6.92 Å². The number of rotatable bonds is 4. The normalized spacial score (nSPS) is 14.1. The topological polar surface area (TPSA) is 79.4 Å². The minimum absolute atomic E-state index is 0.329. The molecule has 2 aromatic carbocycles. The van der Waals surface area contributed by atoms with Crippen molar-refractivity contribution >= 4 is 34.7 Å². The zero-order valence-electron chi connectivity index (χ0n) is 15.3. The number of amides is 3. The molecular weight excluding hydrogens is 374 g/mol. The molecule has 0 fully saturated rings. The van der Waals surface area contributed by atoms with Gasteiger partial charge in [0.25, 0.3) is 11.8 Å². The number of nitrogens with zero attached hydrogens (tertiary/aromatic N) is 2. The van der Waals surface area contributed by atoms with Crippen molar-refractivity contribution in [2.45, 2.75) is 19.9 Å². The number of fused-ring (bicyclic) bond motifs is 1. The monoisotopic (exact) mass is 391 g/mol. The second-order valence-electron chi connectivity index (χ2n) is 6.52. The lowest BCUT2D eigenvalue weighted by atomic mass is 10.1. The Bertz CT molecular complexity index is 1050. The zero-order valence-corrected chi connectivity index (χ0v) is 16.1. The lowest BCUT2D eigenvalue weighted by molar-refractivity contribution is -0.119. The van der Waals surface area contributed by atoms with Crippen LogP contribution in [0.15, 0.2) is 53.9 Å². The van der Waals surface area contributed by atoms with Gasteiger partial charge in [0, 0.05) is 16.6 Å². The van der Waals surface area contributed by atoms with Crippen molar-refractivity contribution in [1.82, 2.24) is 9.88 Å². The van der Waals surface area contributed by atoms with Gasteiger partial charge in [0.1, 0.15) is 6.04 Å². The highest BCUT2D eigenvalue weighted by molar-refractivity contribution is 7.09. The first-order chi connectivity index (χ1) is 13.5. The maximum Gasteiger partial charge on any atom is 0.262 e. The second kappa shape index (κ2) is 7.01. The van der Waals surface area contributed by atoms with Gasteiger partial charge in [0.2, 0.25) is 5.91 Å². The van der Waals surface area contributed by atoms with E-state index in [9.17, 15) is 14.4 Å². The molecule has 0 spiro atoms. The van der Waals surface area contributed by atoms with Gasteiger partial charge < -0.3 is 5.32 Å². The van der Waals surface area contributed by atoms with E-state index in [2.05, 4.69) is 10.3 Å². The molecule has 1 unspecified atom stereocenters. The molecule has 28 heavy (non-hydrogen) atoms. The number of hydrogen-bond donors (Lipinski definition) is 1.